The second kappa shape index (κ2) is 9.22. The fraction of sp³-hybridized carbons (Fsp3) is 0.591. The van der Waals surface area contributed by atoms with Crippen molar-refractivity contribution in [3.63, 3.8) is 0 Å². The lowest BCUT2D eigenvalue weighted by Crippen LogP contribution is -2.31. The lowest BCUT2D eigenvalue weighted by Gasteiger charge is -2.36. The van der Waals surface area contributed by atoms with Crippen molar-refractivity contribution in [3.8, 4) is 0 Å². The van der Waals surface area contributed by atoms with Gasteiger partial charge in [0.05, 0.1) is 5.92 Å². The van der Waals surface area contributed by atoms with Gasteiger partial charge in [0.15, 0.2) is 6.61 Å². The maximum absolute atomic E-state index is 12.3. The molecule has 2 amide bonds. The summed E-state index contributed by atoms with van der Waals surface area (Å²) in [5.74, 6) is -0.254. The van der Waals surface area contributed by atoms with Gasteiger partial charge in [-0.3, -0.25) is 14.4 Å². The number of carbonyl (C=O) groups is 3. The predicted octanol–water partition coefficient (Wildman–Crippen LogP) is 3.72. The molecule has 1 aromatic rings. The van der Waals surface area contributed by atoms with Crippen molar-refractivity contribution < 1.29 is 19.1 Å². The molecular formula is C22H32N2O4. The molecule has 0 spiro atoms. The largest absolute Gasteiger partial charge is 0.455 e. The number of nitrogens with zero attached hydrogens (tertiary/aromatic N) is 1. The van der Waals surface area contributed by atoms with Gasteiger partial charge in [-0.2, -0.15) is 0 Å². The molecule has 0 aromatic heterocycles. The van der Waals surface area contributed by atoms with Crippen LogP contribution < -0.4 is 5.32 Å². The summed E-state index contributed by atoms with van der Waals surface area (Å²) < 4.78 is 5.22. The Labute approximate surface area is 167 Å². The zero-order valence-corrected chi connectivity index (χ0v) is 17.6. The van der Waals surface area contributed by atoms with E-state index < -0.39 is 0 Å². The van der Waals surface area contributed by atoms with Crippen LogP contribution in [0.1, 0.15) is 56.8 Å². The molecule has 28 heavy (non-hydrogen) atoms. The molecule has 0 bridgehead atoms. The standard InChI is InChI=1S/C22H32N2O4/c1-22(2,3)17-10-6-16(7-11-17)21(27)28-14-19(25)23-18-12-8-15(9-13-18)20(26)24(4)5/h8-9,12-13,16-17H,6-7,10-11,14H2,1-5H3,(H,23,25). The van der Waals surface area contributed by atoms with Gasteiger partial charge in [-0.25, -0.2) is 0 Å². The second-order valence-electron chi connectivity index (χ2n) is 8.85. The summed E-state index contributed by atoms with van der Waals surface area (Å²) >= 11 is 0. The molecule has 0 saturated heterocycles. The summed E-state index contributed by atoms with van der Waals surface area (Å²) in [4.78, 5) is 37.6. The van der Waals surface area contributed by atoms with E-state index in [9.17, 15) is 14.4 Å². The van der Waals surface area contributed by atoms with Crippen molar-refractivity contribution in [2.45, 2.75) is 46.5 Å². The van der Waals surface area contributed by atoms with E-state index >= 15 is 0 Å². The molecule has 0 aliphatic heterocycles. The van der Waals surface area contributed by atoms with Crippen LogP contribution in [-0.4, -0.2) is 43.4 Å². The summed E-state index contributed by atoms with van der Waals surface area (Å²) in [6.07, 6.45) is 3.69. The van der Waals surface area contributed by atoms with Gasteiger partial charge in [-0.1, -0.05) is 20.8 Å². The van der Waals surface area contributed by atoms with Crippen molar-refractivity contribution in [1.29, 1.82) is 0 Å². The molecule has 1 fully saturated rings. The second-order valence-corrected chi connectivity index (χ2v) is 8.85. The first kappa shape index (κ1) is 21.9. The fourth-order valence-electron chi connectivity index (χ4n) is 3.60. The Hall–Kier alpha value is -2.37. The Morgan fingerprint density at radius 2 is 1.61 bits per heavy atom. The van der Waals surface area contributed by atoms with Crippen molar-refractivity contribution in [1.82, 2.24) is 4.90 Å². The average molecular weight is 389 g/mol. The first-order chi connectivity index (χ1) is 13.1. The van der Waals surface area contributed by atoms with Crippen LogP contribution in [0.5, 0.6) is 0 Å². The molecule has 6 heteroatoms. The minimum absolute atomic E-state index is 0.104. The number of nitrogens with one attached hydrogen (secondary N) is 1. The van der Waals surface area contributed by atoms with Gasteiger partial charge < -0.3 is 15.0 Å². The normalized spacial score (nSPS) is 19.6. The highest BCUT2D eigenvalue weighted by Crippen LogP contribution is 2.40. The Morgan fingerprint density at radius 3 is 2.11 bits per heavy atom. The number of carbonyl (C=O) groups excluding carboxylic acids is 3. The molecule has 154 valence electrons. The quantitative estimate of drug-likeness (QED) is 0.780. The van der Waals surface area contributed by atoms with Crippen LogP contribution in [0.25, 0.3) is 0 Å². The third-order valence-corrected chi connectivity index (χ3v) is 5.45. The van der Waals surface area contributed by atoms with Crippen LogP contribution in [0.15, 0.2) is 24.3 Å². The van der Waals surface area contributed by atoms with Crippen molar-refractivity contribution in [2.75, 3.05) is 26.0 Å². The number of ether oxygens (including phenoxy) is 1. The smallest absolute Gasteiger partial charge is 0.309 e. The summed E-state index contributed by atoms with van der Waals surface area (Å²) in [7, 11) is 3.36. The Bertz CT molecular complexity index is 696. The minimum atomic E-state index is -0.386. The first-order valence-corrected chi connectivity index (χ1v) is 9.86. The topological polar surface area (TPSA) is 75.7 Å². The molecule has 1 aliphatic rings. The summed E-state index contributed by atoms with van der Waals surface area (Å²) in [6.45, 7) is 6.42. The molecule has 2 rings (SSSR count). The number of hydrogen-bond donors (Lipinski definition) is 1. The van der Waals surface area contributed by atoms with Gasteiger partial charge in [0, 0.05) is 25.3 Å². The number of hydrogen-bond acceptors (Lipinski definition) is 4. The van der Waals surface area contributed by atoms with E-state index in [0.29, 0.717) is 17.2 Å². The molecule has 1 aliphatic carbocycles. The van der Waals surface area contributed by atoms with Crippen LogP contribution in [0.2, 0.25) is 0 Å². The monoisotopic (exact) mass is 388 g/mol. The van der Waals surface area contributed by atoms with E-state index in [4.69, 9.17) is 4.74 Å². The number of rotatable bonds is 5. The zero-order chi connectivity index (χ0) is 20.9. The van der Waals surface area contributed by atoms with Gasteiger partial charge in [0.25, 0.3) is 11.8 Å². The average Bonchev–Trinajstić information content (AvgIpc) is 2.65. The Balaban J connectivity index is 1.76. The molecule has 1 saturated carbocycles. The minimum Gasteiger partial charge on any atom is -0.455 e. The molecule has 1 N–H and O–H groups in total. The van der Waals surface area contributed by atoms with Crippen molar-refractivity contribution in [2.24, 2.45) is 17.3 Å². The number of esters is 1. The van der Waals surface area contributed by atoms with Gasteiger partial charge in [-0.05, 0) is 61.3 Å². The van der Waals surface area contributed by atoms with Crippen molar-refractivity contribution >= 4 is 23.5 Å². The van der Waals surface area contributed by atoms with E-state index in [1.165, 1.54) is 4.90 Å². The van der Waals surface area contributed by atoms with Crippen LogP contribution >= 0.6 is 0 Å². The SMILES string of the molecule is CN(C)C(=O)c1ccc(NC(=O)COC(=O)C2CCC(C(C)(C)C)CC2)cc1. The van der Waals surface area contributed by atoms with E-state index in [2.05, 4.69) is 26.1 Å². The highest BCUT2D eigenvalue weighted by atomic mass is 16.5. The highest BCUT2D eigenvalue weighted by Gasteiger charge is 2.33. The lowest BCUT2D eigenvalue weighted by molar-refractivity contribution is -0.153. The molecule has 6 nitrogen and oxygen atoms in total. The van der Waals surface area contributed by atoms with Crippen LogP contribution in [0, 0.1) is 17.3 Å². The van der Waals surface area contributed by atoms with E-state index in [-0.39, 0.29) is 35.7 Å². The Kier molecular flexibility index (Phi) is 7.22. The summed E-state index contributed by atoms with van der Waals surface area (Å²) in [5, 5.41) is 2.68. The van der Waals surface area contributed by atoms with Gasteiger partial charge >= 0.3 is 5.97 Å². The third kappa shape index (κ3) is 6.08. The molecule has 0 heterocycles. The molecule has 1 aromatic carbocycles. The van der Waals surface area contributed by atoms with Crippen molar-refractivity contribution in [3.05, 3.63) is 29.8 Å². The predicted molar refractivity (Wildman–Crippen MR) is 109 cm³/mol. The number of benzene rings is 1. The maximum Gasteiger partial charge on any atom is 0.309 e. The molecule has 0 unspecified atom stereocenters. The third-order valence-electron chi connectivity index (χ3n) is 5.45. The van der Waals surface area contributed by atoms with Gasteiger partial charge in [-0.15, -0.1) is 0 Å². The van der Waals surface area contributed by atoms with Crippen LogP contribution in [0.4, 0.5) is 5.69 Å². The summed E-state index contributed by atoms with van der Waals surface area (Å²) in [6, 6.07) is 6.61. The van der Waals surface area contributed by atoms with Crippen LogP contribution in [-0.2, 0) is 14.3 Å². The van der Waals surface area contributed by atoms with Crippen LogP contribution in [0.3, 0.4) is 0 Å². The molecule has 0 radical (unpaired) electrons. The van der Waals surface area contributed by atoms with E-state index in [1.807, 2.05) is 0 Å². The molecule has 0 atom stereocenters. The Morgan fingerprint density at radius 1 is 1.04 bits per heavy atom. The van der Waals surface area contributed by atoms with Gasteiger partial charge in [0.2, 0.25) is 0 Å². The zero-order valence-electron chi connectivity index (χ0n) is 17.6. The van der Waals surface area contributed by atoms with E-state index in [1.54, 1.807) is 38.4 Å². The molecular weight excluding hydrogens is 356 g/mol. The first-order valence-electron chi connectivity index (χ1n) is 9.86. The van der Waals surface area contributed by atoms with Gasteiger partial charge in [0.1, 0.15) is 0 Å². The highest BCUT2D eigenvalue weighted by molar-refractivity contribution is 5.96. The lowest BCUT2D eigenvalue weighted by atomic mass is 9.70. The summed E-state index contributed by atoms with van der Waals surface area (Å²) in [5.41, 5.74) is 1.36. The number of amides is 2. The maximum atomic E-state index is 12.3. The number of anilines is 1. The van der Waals surface area contributed by atoms with E-state index in [0.717, 1.165) is 25.7 Å². The fourth-order valence-corrected chi connectivity index (χ4v) is 3.60.